The van der Waals surface area contributed by atoms with E-state index in [-0.39, 0.29) is 29.6 Å². The van der Waals surface area contributed by atoms with E-state index in [1.165, 1.54) is 19.2 Å². The van der Waals surface area contributed by atoms with Gasteiger partial charge in [0.1, 0.15) is 17.2 Å². The van der Waals surface area contributed by atoms with E-state index in [1.54, 1.807) is 18.2 Å². The van der Waals surface area contributed by atoms with Gasteiger partial charge in [-0.1, -0.05) is 13.0 Å². The van der Waals surface area contributed by atoms with Gasteiger partial charge in [-0.2, -0.15) is 0 Å². The molecule has 1 atom stereocenters. The van der Waals surface area contributed by atoms with Crippen LogP contribution in [0.25, 0.3) is 0 Å². The molecule has 0 bridgehead atoms. The molecule has 2 aromatic rings. The summed E-state index contributed by atoms with van der Waals surface area (Å²) >= 11 is 0. The normalized spacial score (nSPS) is 16.1. The van der Waals surface area contributed by atoms with Gasteiger partial charge in [-0.05, 0) is 24.1 Å². The van der Waals surface area contributed by atoms with Gasteiger partial charge in [0.25, 0.3) is 0 Å². The summed E-state index contributed by atoms with van der Waals surface area (Å²) in [6, 6.07) is 7.90. The van der Waals surface area contributed by atoms with Crippen LogP contribution < -0.4 is 14.2 Å². The topological polar surface area (TPSA) is 85.2 Å². The van der Waals surface area contributed by atoms with Crippen LogP contribution >= 0.6 is 0 Å². The molecular weight excluding hydrogens is 324 g/mol. The van der Waals surface area contributed by atoms with Gasteiger partial charge in [-0.15, -0.1) is 0 Å². The van der Waals surface area contributed by atoms with Crippen molar-refractivity contribution in [2.45, 2.75) is 25.7 Å². The van der Waals surface area contributed by atoms with Crippen LogP contribution in [0.2, 0.25) is 0 Å². The number of hydrogen-bond donors (Lipinski definition) is 2. The molecule has 132 valence electrons. The monoisotopic (exact) mass is 344 g/mol. The predicted molar refractivity (Wildman–Crippen MR) is 90.6 cm³/mol. The number of rotatable bonds is 5. The van der Waals surface area contributed by atoms with Crippen molar-refractivity contribution in [2.24, 2.45) is 0 Å². The highest BCUT2D eigenvalue weighted by Crippen LogP contribution is 2.47. The van der Waals surface area contributed by atoms with E-state index < -0.39 is 5.97 Å². The number of hydrogen-bond acceptors (Lipinski definition) is 6. The summed E-state index contributed by atoms with van der Waals surface area (Å²) in [4.78, 5) is 12.0. The van der Waals surface area contributed by atoms with Gasteiger partial charge < -0.3 is 24.4 Å². The minimum absolute atomic E-state index is 0.0401. The molecule has 0 amide bonds. The van der Waals surface area contributed by atoms with Gasteiger partial charge in [-0.3, -0.25) is 4.79 Å². The molecule has 2 aromatic carbocycles. The average Bonchev–Trinajstić information content (AvgIpc) is 2.59. The molecule has 0 unspecified atom stereocenters. The SMILES string of the molecule is CCCOc1cc([C@@H]2CC(=O)Oc3cc(O)cc(OC)c32)ccc1O. The molecule has 0 fully saturated rings. The summed E-state index contributed by atoms with van der Waals surface area (Å²) in [6.45, 7) is 2.46. The lowest BCUT2D eigenvalue weighted by Gasteiger charge is -2.27. The van der Waals surface area contributed by atoms with E-state index in [0.717, 1.165) is 12.0 Å². The summed E-state index contributed by atoms with van der Waals surface area (Å²) in [6.07, 6.45) is 0.946. The number of aromatic hydroxyl groups is 2. The molecule has 6 heteroatoms. The van der Waals surface area contributed by atoms with Crippen molar-refractivity contribution in [1.29, 1.82) is 0 Å². The maximum Gasteiger partial charge on any atom is 0.312 e. The molecule has 0 saturated heterocycles. The van der Waals surface area contributed by atoms with Crippen LogP contribution in [0.15, 0.2) is 30.3 Å². The number of phenolic OH excluding ortho intramolecular Hbond substituents is 2. The third-order valence-electron chi connectivity index (χ3n) is 4.10. The van der Waals surface area contributed by atoms with Crippen molar-refractivity contribution in [3.8, 4) is 28.7 Å². The van der Waals surface area contributed by atoms with Gasteiger partial charge >= 0.3 is 5.97 Å². The zero-order valence-corrected chi connectivity index (χ0v) is 14.1. The number of ether oxygens (including phenoxy) is 3. The number of carbonyl (C=O) groups is 1. The summed E-state index contributed by atoms with van der Waals surface area (Å²) in [5.41, 5.74) is 1.48. The Balaban J connectivity index is 2.08. The van der Waals surface area contributed by atoms with Crippen LogP contribution in [0.3, 0.4) is 0 Å². The molecular formula is C19H20O6. The first-order valence-electron chi connectivity index (χ1n) is 8.10. The Bertz CT molecular complexity index is 799. The van der Waals surface area contributed by atoms with E-state index in [0.29, 0.717) is 23.7 Å². The highest BCUT2D eigenvalue weighted by Gasteiger charge is 2.32. The standard InChI is InChI=1S/C19H20O6/c1-3-6-24-15-7-11(4-5-14(15)21)13-10-18(22)25-17-9-12(20)8-16(23-2)19(13)17/h4-5,7-9,13,20-21H,3,6,10H2,1-2H3/t13-/m0/s1. The lowest BCUT2D eigenvalue weighted by molar-refractivity contribution is -0.135. The number of benzene rings is 2. The minimum atomic E-state index is -0.394. The molecule has 25 heavy (non-hydrogen) atoms. The van der Waals surface area contributed by atoms with Gasteiger partial charge in [0.2, 0.25) is 0 Å². The Kier molecular flexibility index (Phi) is 4.70. The third-order valence-corrected chi connectivity index (χ3v) is 4.10. The molecule has 1 aliphatic heterocycles. The molecule has 2 N–H and O–H groups in total. The third kappa shape index (κ3) is 3.33. The fourth-order valence-electron chi connectivity index (χ4n) is 2.98. The zero-order valence-electron chi connectivity index (χ0n) is 14.1. The Morgan fingerprint density at radius 1 is 1.20 bits per heavy atom. The van der Waals surface area contributed by atoms with Crippen LogP contribution in [-0.4, -0.2) is 29.9 Å². The lowest BCUT2D eigenvalue weighted by Crippen LogP contribution is -2.21. The van der Waals surface area contributed by atoms with Crippen LogP contribution in [0, 0.1) is 0 Å². The van der Waals surface area contributed by atoms with Crippen LogP contribution in [0.4, 0.5) is 0 Å². The summed E-state index contributed by atoms with van der Waals surface area (Å²) in [7, 11) is 1.50. The Morgan fingerprint density at radius 3 is 2.72 bits per heavy atom. The highest BCUT2D eigenvalue weighted by atomic mass is 16.5. The van der Waals surface area contributed by atoms with Gasteiger partial charge in [0, 0.05) is 23.6 Å². The largest absolute Gasteiger partial charge is 0.508 e. The van der Waals surface area contributed by atoms with Crippen molar-refractivity contribution < 1.29 is 29.2 Å². The van der Waals surface area contributed by atoms with Crippen molar-refractivity contribution in [3.05, 3.63) is 41.5 Å². The molecule has 3 rings (SSSR count). The van der Waals surface area contributed by atoms with E-state index >= 15 is 0 Å². The van der Waals surface area contributed by atoms with Gasteiger partial charge in [0.05, 0.1) is 20.1 Å². The van der Waals surface area contributed by atoms with Crippen molar-refractivity contribution in [2.75, 3.05) is 13.7 Å². The van der Waals surface area contributed by atoms with Crippen molar-refractivity contribution in [1.82, 2.24) is 0 Å². The molecule has 0 aromatic heterocycles. The zero-order chi connectivity index (χ0) is 18.0. The van der Waals surface area contributed by atoms with Crippen molar-refractivity contribution >= 4 is 5.97 Å². The maximum absolute atomic E-state index is 12.0. The quantitative estimate of drug-likeness (QED) is 0.639. The number of carbonyl (C=O) groups excluding carboxylic acids is 1. The van der Waals surface area contributed by atoms with E-state index in [1.807, 2.05) is 6.92 Å². The van der Waals surface area contributed by atoms with Gasteiger partial charge in [-0.25, -0.2) is 0 Å². The molecule has 0 aliphatic carbocycles. The second-order valence-electron chi connectivity index (χ2n) is 5.87. The van der Waals surface area contributed by atoms with Gasteiger partial charge in [0.15, 0.2) is 11.5 Å². The van der Waals surface area contributed by atoms with Crippen LogP contribution in [0.5, 0.6) is 28.7 Å². The summed E-state index contributed by atoms with van der Waals surface area (Å²) in [5, 5.41) is 19.8. The number of methoxy groups -OCH3 is 1. The Hall–Kier alpha value is -2.89. The second-order valence-corrected chi connectivity index (χ2v) is 5.87. The predicted octanol–water partition coefficient (Wildman–Crippen LogP) is 3.34. The molecule has 0 saturated carbocycles. The summed E-state index contributed by atoms with van der Waals surface area (Å²) < 4.78 is 16.2. The van der Waals surface area contributed by atoms with E-state index in [9.17, 15) is 15.0 Å². The highest BCUT2D eigenvalue weighted by molar-refractivity contribution is 5.79. The smallest absolute Gasteiger partial charge is 0.312 e. The fraction of sp³-hybridized carbons (Fsp3) is 0.316. The summed E-state index contributed by atoms with van der Waals surface area (Å²) in [5.74, 6) is 0.386. The lowest BCUT2D eigenvalue weighted by atomic mass is 9.85. The molecule has 1 aliphatic rings. The Morgan fingerprint density at radius 2 is 2.00 bits per heavy atom. The minimum Gasteiger partial charge on any atom is -0.508 e. The average molecular weight is 344 g/mol. The Labute approximate surface area is 145 Å². The molecule has 0 radical (unpaired) electrons. The number of esters is 1. The first-order valence-corrected chi connectivity index (χ1v) is 8.10. The maximum atomic E-state index is 12.0. The van der Waals surface area contributed by atoms with Crippen molar-refractivity contribution in [3.63, 3.8) is 0 Å². The van der Waals surface area contributed by atoms with E-state index in [4.69, 9.17) is 14.2 Å². The molecule has 0 spiro atoms. The molecule has 6 nitrogen and oxygen atoms in total. The van der Waals surface area contributed by atoms with Crippen LogP contribution in [-0.2, 0) is 4.79 Å². The first kappa shape index (κ1) is 17.0. The molecule has 1 heterocycles. The fourth-order valence-corrected chi connectivity index (χ4v) is 2.98. The first-order chi connectivity index (χ1) is 12.0. The number of fused-ring (bicyclic) bond motifs is 1. The van der Waals surface area contributed by atoms with Crippen LogP contribution in [0.1, 0.15) is 36.8 Å². The second kappa shape index (κ2) is 6.93. The number of phenols is 2. The van der Waals surface area contributed by atoms with E-state index in [2.05, 4.69) is 0 Å².